The van der Waals surface area contributed by atoms with Gasteiger partial charge in [-0.15, -0.1) is 0 Å². The standard InChI is InChI=1S/C11H25NS/c1-4-6-9-13-10-7-11(3)12-8-5-2/h11-12H,4-10H2,1-3H3. The molecule has 0 bridgehead atoms. The van der Waals surface area contributed by atoms with Gasteiger partial charge in [0.25, 0.3) is 0 Å². The van der Waals surface area contributed by atoms with Crippen LogP contribution in [0.4, 0.5) is 0 Å². The zero-order chi connectivity index (χ0) is 9.94. The third-order valence-electron chi connectivity index (χ3n) is 2.08. The van der Waals surface area contributed by atoms with Crippen molar-refractivity contribution in [1.29, 1.82) is 0 Å². The van der Waals surface area contributed by atoms with Gasteiger partial charge >= 0.3 is 0 Å². The van der Waals surface area contributed by atoms with Crippen molar-refractivity contribution in [3.8, 4) is 0 Å². The molecule has 80 valence electrons. The maximum absolute atomic E-state index is 3.51. The van der Waals surface area contributed by atoms with Crippen LogP contribution in [0.3, 0.4) is 0 Å². The lowest BCUT2D eigenvalue weighted by Gasteiger charge is -2.12. The highest BCUT2D eigenvalue weighted by Gasteiger charge is 1.99. The largest absolute Gasteiger partial charge is 0.314 e. The van der Waals surface area contributed by atoms with Crippen molar-refractivity contribution in [2.45, 2.75) is 52.5 Å². The van der Waals surface area contributed by atoms with Crippen molar-refractivity contribution < 1.29 is 0 Å². The maximum atomic E-state index is 3.51. The minimum absolute atomic E-state index is 0.703. The molecule has 13 heavy (non-hydrogen) atoms. The summed E-state index contributed by atoms with van der Waals surface area (Å²) in [6.45, 7) is 7.93. The van der Waals surface area contributed by atoms with Crippen LogP contribution in [0.1, 0.15) is 46.5 Å². The van der Waals surface area contributed by atoms with Crippen molar-refractivity contribution in [2.75, 3.05) is 18.1 Å². The fourth-order valence-electron chi connectivity index (χ4n) is 1.10. The number of thioether (sulfide) groups is 1. The van der Waals surface area contributed by atoms with Crippen LogP contribution >= 0.6 is 11.8 Å². The quantitative estimate of drug-likeness (QED) is 0.577. The summed E-state index contributed by atoms with van der Waals surface area (Å²) in [5.74, 6) is 2.66. The Kier molecular flexibility index (Phi) is 10.6. The van der Waals surface area contributed by atoms with Crippen molar-refractivity contribution in [3.63, 3.8) is 0 Å². The van der Waals surface area contributed by atoms with E-state index in [1.807, 2.05) is 0 Å². The monoisotopic (exact) mass is 203 g/mol. The van der Waals surface area contributed by atoms with E-state index in [1.165, 1.54) is 43.7 Å². The normalized spacial score (nSPS) is 13.2. The topological polar surface area (TPSA) is 12.0 Å². The van der Waals surface area contributed by atoms with Crippen LogP contribution in [0.15, 0.2) is 0 Å². The molecule has 0 aromatic heterocycles. The van der Waals surface area contributed by atoms with Crippen LogP contribution in [-0.4, -0.2) is 24.1 Å². The molecule has 0 fully saturated rings. The maximum Gasteiger partial charge on any atom is 0.00465 e. The number of unbranched alkanes of at least 4 members (excludes halogenated alkanes) is 1. The van der Waals surface area contributed by atoms with Crippen molar-refractivity contribution in [1.82, 2.24) is 5.32 Å². The van der Waals surface area contributed by atoms with E-state index < -0.39 is 0 Å². The molecular formula is C11H25NS. The molecule has 0 saturated carbocycles. The zero-order valence-corrected chi connectivity index (χ0v) is 10.3. The lowest BCUT2D eigenvalue weighted by molar-refractivity contribution is 0.536. The first-order valence-corrected chi connectivity index (χ1v) is 6.77. The first-order chi connectivity index (χ1) is 6.31. The third kappa shape index (κ3) is 10.2. The van der Waals surface area contributed by atoms with Crippen LogP contribution < -0.4 is 5.32 Å². The minimum atomic E-state index is 0.703. The number of hydrogen-bond acceptors (Lipinski definition) is 2. The molecule has 0 aliphatic carbocycles. The fraction of sp³-hybridized carbons (Fsp3) is 1.00. The van der Waals surface area contributed by atoms with E-state index in [0.29, 0.717) is 6.04 Å². The predicted octanol–water partition coefficient (Wildman–Crippen LogP) is 3.30. The molecule has 0 aromatic rings. The van der Waals surface area contributed by atoms with E-state index in [4.69, 9.17) is 0 Å². The van der Waals surface area contributed by atoms with E-state index in [9.17, 15) is 0 Å². The number of hydrogen-bond donors (Lipinski definition) is 1. The van der Waals surface area contributed by atoms with E-state index in [2.05, 4.69) is 37.8 Å². The molecule has 1 unspecified atom stereocenters. The van der Waals surface area contributed by atoms with Crippen LogP contribution in [-0.2, 0) is 0 Å². The fourth-order valence-corrected chi connectivity index (χ4v) is 2.32. The first-order valence-electron chi connectivity index (χ1n) is 5.62. The molecule has 1 nitrogen and oxygen atoms in total. The highest BCUT2D eigenvalue weighted by molar-refractivity contribution is 7.99. The van der Waals surface area contributed by atoms with Gasteiger partial charge in [0.05, 0.1) is 0 Å². The summed E-state index contributed by atoms with van der Waals surface area (Å²) >= 11 is 2.10. The highest BCUT2D eigenvalue weighted by Crippen LogP contribution is 2.07. The molecule has 0 heterocycles. The summed E-state index contributed by atoms with van der Waals surface area (Å²) in [6.07, 6.45) is 5.26. The molecule has 0 aliphatic rings. The molecule has 1 atom stereocenters. The summed E-state index contributed by atoms with van der Waals surface area (Å²) in [4.78, 5) is 0. The smallest absolute Gasteiger partial charge is 0.00465 e. The second kappa shape index (κ2) is 10.4. The van der Waals surface area contributed by atoms with Gasteiger partial charge in [-0.1, -0.05) is 20.3 Å². The van der Waals surface area contributed by atoms with Gasteiger partial charge in [-0.3, -0.25) is 0 Å². The van der Waals surface area contributed by atoms with E-state index in [1.54, 1.807) is 0 Å². The molecule has 1 N–H and O–H groups in total. The van der Waals surface area contributed by atoms with Crippen LogP contribution in [0.5, 0.6) is 0 Å². The van der Waals surface area contributed by atoms with Crippen molar-refractivity contribution in [2.24, 2.45) is 0 Å². The summed E-state index contributed by atoms with van der Waals surface area (Å²) in [7, 11) is 0. The van der Waals surface area contributed by atoms with Gasteiger partial charge in [0.1, 0.15) is 0 Å². The van der Waals surface area contributed by atoms with Gasteiger partial charge in [0.2, 0.25) is 0 Å². The van der Waals surface area contributed by atoms with Gasteiger partial charge in [-0.05, 0) is 44.2 Å². The second-order valence-electron chi connectivity index (χ2n) is 3.61. The Bertz CT molecular complexity index is 96.1. The summed E-state index contributed by atoms with van der Waals surface area (Å²) in [5, 5.41) is 3.51. The second-order valence-corrected chi connectivity index (χ2v) is 4.83. The molecule has 0 saturated heterocycles. The zero-order valence-electron chi connectivity index (χ0n) is 9.44. The first kappa shape index (κ1) is 13.3. The van der Waals surface area contributed by atoms with E-state index in [-0.39, 0.29) is 0 Å². The van der Waals surface area contributed by atoms with Gasteiger partial charge in [-0.25, -0.2) is 0 Å². The molecule has 0 spiro atoms. The van der Waals surface area contributed by atoms with E-state index >= 15 is 0 Å². The Balaban J connectivity index is 3.03. The number of nitrogens with one attached hydrogen (secondary N) is 1. The average molecular weight is 203 g/mol. The Morgan fingerprint density at radius 2 is 1.92 bits per heavy atom. The van der Waals surface area contributed by atoms with Crippen LogP contribution in [0.2, 0.25) is 0 Å². The lowest BCUT2D eigenvalue weighted by Crippen LogP contribution is -2.27. The Morgan fingerprint density at radius 1 is 1.15 bits per heavy atom. The SMILES string of the molecule is CCCCSCCC(C)NCCC. The molecule has 0 rings (SSSR count). The molecule has 0 aliphatic heterocycles. The van der Waals surface area contributed by atoms with Gasteiger partial charge < -0.3 is 5.32 Å². The molecule has 2 heteroatoms. The van der Waals surface area contributed by atoms with Crippen LogP contribution in [0.25, 0.3) is 0 Å². The van der Waals surface area contributed by atoms with Gasteiger partial charge in [-0.2, -0.15) is 11.8 Å². The molecule has 0 aromatic carbocycles. The highest BCUT2D eigenvalue weighted by atomic mass is 32.2. The van der Waals surface area contributed by atoms with Gasteiger partial charge in [0.15, 0.2) is 0 Å². The summed E-state index contributed by atoms with van der Waals surface area (Å²) < 4.78 is 0. The van der Waals surface area contributed by atoms with Crippen molar-refractivity contribution >= 4 is 11.8 Å². The van der Waals surface area contributed by atoms with Gasteiger partial charge in [0, 0.05) is 6.04 Å². The molecule has 0 radical (unpaired) electrons. The minimum Gasteiger partial charge on any atom is -0.314 e. The predicted molar refractivity (Wildman–Crippen MR) is 64.6 cm³/mol. The summed E-state index contributed by atoms with van der Waals surface area (Å²) in [5.41, 5.74) is 0. The third-order valence-corrected chi connectivity index (χ3v) is 3.18. The van der Waals surface area contributed by atoms with Crippen molar-refractivity contribution in [3.05, 3.63) is 0 Å². The Morgan fingerprint density at radius 3 is 2.54 bits per heavy atom. The van der Waals surface area contributed by atoms with Crippen LogP contribution in [0, 0.1) is 0 Å². The van der Waals surface area contributed by atoms with E-state index in [0.717, 1.165) is 0 Å². The Hall–Kier alpha value is 0.310. The molecule has 0 amide bonds. The number of rotatable bonds is 9. The molecular weight excluding hydrogens is 178 g/mol. The summed E-state index contributed by atoms with van der Waals surface area (Å²) in [6, 6.07) is 0.703. The Labute approximate surface area is 88.1 Å². The average Bonchev–Trinajstić information content (AvgIpc) is 2.14. The lowest BCUT2D eigenvalue weighted by atomic mass is 10.2.